The molecule has 1 aromatic rings. The number of nitrogens with zero attached hydrogens (tertiary/aromatic N) is 4. The topological polar surface area (TPSA) is 60.0 Å². The fraction of sp³-hybridized carbons (Fsp3) is 0.846. The van der Waals surface area contributed by atoms with E-state index < -0.39 is 0 Å². The van der Waals surface area contributed by atoms with Gasteiger partial charge in [-0.2, -0.15) is 0 Å². The summed E-state index contributed by atoms with van der Waals surface area (Å²) in [5.74, 6) is 1.69. The summed E-state index contributed by atoms with van der Waals surface area (Å²) < 4.78 is 2.00. The molecule has 1 aliphatic rings. The molecule has 0 amide bonds. The van der Waals surface area contributed by atoms with Crippen molar-refractivity contribution in [1.29, 1.82) is 0 Å². The molecule has 0 bridgehead atoms. The van der Waals surface area contributed by atoms with Gasteiger partial charge in [0.25, 0.3) is 0 Å². The monoisotopic (exact) mass is 251 g/mol. The number of rotatable bonds is 5. The smallest absolute Gasteiger partial charge is 0.146 e. The summed E-state index contributed by atoms with van der Waals surface area (Å²) in [6.45, 7) is 4.96. The van der Waals surface area contributed by atoms with E-state index in [2.05, 4.69) is 22.0 Å². The quantitative estimate of drug-likeness (QED) is 0.853. The molecule has 2 rings (SSSR count). The van der Waals surface area contributed by atoms with E-state index in [9.17, 15) is 0 Å². The van der Waals surface area contributed by atoms with Crippen molar-refractivity contribution < 1.29 is 0 Å². The highest BCUT2D eigenvalue weighted by Gasteiger charge is 2.29. The maximum atomic E-state index is 5.93. The number of nitrogens with two attached hydrogens (primary N) is 1. The molecular formula is C13H25N5. The minimum Gasteiger partial charge on any atom is -0.330 e. The Balaban J connectivity index is 2.05. The van der Waals surface area contributed by atoms with Crippen molar-refractivity contribution in [2.75, 3.05) is 13.1 Å². The Kier molecular flexibility index (Phi) is 4.72. The molecule has 0 aromatic carbocycles. The second-order valence-corrected chi connectivity index (χ2v) is 5.27. The van der Waals surface area contributed by atoms with Crippen LogP contribution >= 0.6 is 0 Å². The molecule has 0 aliphatic heterocycles. The van der Waals surface area contributed by atoms with Crippen LogP contribution in [0.5, 0.6) is 0 Å². The van der Waals surface area contributed by atoms with Gasteiger partial charge in [0, 0.05) is 13.1 Å². The van der Waals surface area contributed by atoms with Crippen molar-refractivity contribution in [3.05, 3.63) is 12.2 Å². The highest BCUT2D eigenvalue weighted by Crippen LogP contribution is 2.28. The average Bonchev–Trinajstić information content (AvgIpc) is 2.81. The van der Waals surface area contributed by atoms with E-state index in [0.29, 0.717) is 12.0 Å². The molecule has 0 spiro atoms. The Bertz CT molecular complexity index is 362. The summed E-state index contributed by atoms with van der Waals surface area (Å²) in [4.78, 5) is 2.51. The van der Waals surface area contributed by atoms with Gasteiger partial charge < -0.3 is 10.3 Å². The lowest BCUT2D eigenvalue weighted by Crippen LogP contribution is -2.45. The highest BCUT2D eigenvalue weighted by atomic mass is 15.3. The van der Waals surface area contributed by atoms with Crippen LogP contribution in [0.15, 0.2) is 6.33 Å². The molecule has 5 heteroatoms. The first kappa shape index (κ1) is 13.5. The van der Waals surface area contributed by atoms with Gasteiger partial charge in [-0.15, -0.1) is 10.2 Å². The lowest BCUT2D eigenvalue weighted by molar-refractivity contribution is 0.102. The minimum atomic E-state index is 0.616. The van der Waals surface area contributed by atoms with Crippen LogP contribution in [0.2, 0.25) is 0 Å². The Morgan fingerprint density at radius 3 is 2.83 bits per heavy atom. The summed E-state index contributed by atoms with van der Waals surface area (Å²) >= 11 is 0. The van der Waals surface area contributed by atoms with Gasteiger partial charge in [-0.25, -0.2) is 0 Å². The van der Waals surface area contributed by atoms with Crippen LogP contribution in [-0.4, -0.2) is 38.8 Å². The first-order chi connectivity index (χ1) is 8.76. The molecule has 1 aromatic heterocycles. The van der Waals surface area contributed by atoms with Crippen molar-refractivity contribution in [3.8, 4) is 0 Å². The predicted molar refractivity (Wildman–Crippen MR) is 71.9 cm³/mol. The lowest BCUT2D eigenvalue weighted by Gasteiger charge is -2.38. The third kappa shape index (κ3) is 2.90. The van der Waals surface area contributed by atoms with Crippen LogP contribution in [0.25, 0.3) is 0 Å². The van der Waals surface area contributed by atoms with Crippen molar-refractivity contribution in [2.24, 2.45) is 18.7 Å². The van der Waals surface area contributed by atoms with E-state index in [4.69, 9.17) is 5.73 Å². The summed E-state index contributed by atoms with van der Waals surface area (Å²) in [7, 11) is 2.00. The Morgan fingerprint density at radius 2 is 2.22 bits per heavy atom. The first-order valence-corrected chi connectivity index (χ1v) is 7.03. The van der Waals surface area contributed by atoms with Crippen molar-refractivity contribution in [3.63, 3.8) is 0 Å². The fourth-order valence-corrected chi connectivity index (χ4v) is 3.04. The van der Waals surface area contributed by atoms with Crippen LogP contribution in [0.1, 0.15) is 38.4 Å². The van der Waals surface area contributed by atoms with Crippen LogP contribution in [-0.2, 0) is 13.6 Å². The fourth-order valence-electron chi connectivity index (χ4n) is 3.04. The van der Waals surface area contributed by atoms with Crippen molar-refractivity contribution >= 4 is 0 Å². The number of hydrogen-bond donors (Lipinski definition) is 1. The molecule has 2 N–H and O–H groups in total. The van der Waals surface area contributed by atoms with Crippen molar-refractivity contribution in [1.82, 2.24) is 19.7 Å². The van der Waals surface area contributed by atoms with Crippen LogP contribution < -0.4 is 5.73 Å². The zero-order valence-electron chi connectivity index (χ0n) is 11.5. The van der Waals surface area contributed by atoms with E-state index in [1.165, 1.54) is 25.7 Å². The van der Waals surface area contributed by atoms with Gasteiger partial charge in [0.15, 0.2) is 0 Å². The van der Waals surface area contributed by atoms with Gasteiger partial charge in [-0.3, -0.25) is 4.90 Å². The molecule has 0 radical (unpaired) electrons. The molecule has 0 saturated heterocycles. The third-order valence-electron chi connectivity index (χ3n) is 4.20. The molecule has 1 aliphatic carbocycles. The van der Waals surface area contributed by atoms with Gasteiger partial charge in [0.1, 0.15) is 12.2 Å². The molecule has 2 unspecified atom stereocenters. The predicted octanol–water partition coefficient (Wildman–Crippen LogP) is 1.15. The third-order valence-corrected chi connectivity index (χ3v) is 4.20. The summed E-state index contributed by atoms with van der Waals surface area (Å²) in [5.41, 5.74) is 5.93. The molecule has 18 heavy (non-hydrogen) atoms. The zero-order chi connectivity index (χ0) is 13.0. The van der Waals surface area contributed by atoms with E-state index in [0.717, 1.165) is 25.5 Å². The van der Waals surface area contributed by atoms with Crippen LogP contribution in [0.4, 0.5) is 0 Å². The molecule has 1 saturated carbocycles. The van der Waals surface area contributed by atoms with E-state index in [-0.39, 0.29) is 0 Å². The molecule has 1 heterocycles. The Labute approximate surface area is 109 Å². The maximum Gasteiger partial charge on any atom is 0.146 e. The summed E-state index contributed by atoms with van der Waals surface area (Å²) in [6.07, 6.45) is 6.98. The minimum absolute atomic E-state index is 0.616. The molecule has 1 fully saturated rings. The van der Waals surface area contributed by atoms with Gasteiger partial charge in [-0.1, -0.05) is 19.8 Å². The normalized spacial score (nSPS) is 24.7. The van der Waals surface area contributed by atoms with Crippen LogP contribution in [0.3, 0.4) is 0 Å². The molecule has 2 atom stereocenters. The SMILES string of the molecule is CCN(Cc1nncn1C)C1CCCCC1CN. The second-order valence-electron chi connectivity index (χ2n) is 5.27. The summed E-state index contributed by atoms with van der Waals surface area (Å²) in [6, 6.07) is 0.616. The van der Waals surface area contributed by atoms with E-state index >= 15 is 0 Å². The largest absolute Gasteiger partial charge is 0.330 e. The summed E-state index contributed by atoms with van der Waals surface area (Å²) in [5, 5.41) is 8.14. The highest BCUT2D eigenvalue weighted by molar-refractivity contribution is 4.89. The zero-order valence-corrected chi connectivity index (χ0v) is 11.5. The first-order valence-electron chi connectivity index (χ1n) is 7.03. The average molecular weight is 251 g/mol. The number of hydrogen-bond acceptors (Lipinski definition) is 4. The Hall–Kier alpha value is -0.940. The van der Waals surface area contributed by atoms with Crippen LogP contribution in [0, 0.1) is 5.92 Å². The van der Waals surface area contributed by atoms with Crippen molar-refractivity contribution in [2.45, 2.75) is 45.2 Å². The maximum absolute atomic E-state index is 5.93. The second kappa shape index (κ2) is 6.29. The Morgan fingerprint density at radius 1 is 1.44 bits per heavy atom. The standard InChI is InChI=1S/C13H25N5/c1-3-18(9-13-16-15-10-17(13)2)12-7-5-4-6-11(12)8-14/h10-12H,3-9,14H2,1-2H3. The van der Waals surface area contributed by atoms with Gasteiger partial charge in [0.2, 0.25) is 0 Å². The van der Waals surface area contributed by atoms with E-state index in [1.807, 2.05) is 11.6 Å². The number of aromatic nitrogens is 3. The van der Waals surface area contributed by atoms with Gasteiger partial charge in [-0.05, 0) is 31.8 Å². The lowest BCUT2D eigenvalue weighted by atomic mass is 9.83. The van der Waals surface area contributed by atoms with E-state index in [1.54, 1.807) is 6.33 Å². The van der Waals surface area contributed by atoms with Gasteiger partial charge >= 0.3 is 0 Å². The molecular weight excluding hydrogens is 226 g/mol. The molecule has 5 nitrogen and oxygen atoms in total. The molecule has 102 valence electrons. The number of aryl methyl sites for hydroxylation is 1. The van der Waals surface area contributed by atoms with Gasteiger partial charge in [0.05, 0.1) is 6.54 Å².